The molecule has 0 spiro atoms. The number of ketones is 1. The summed E-state index contributed by atoms with van der Waals surface area (Å²) in [6.45, 7) is 4.34. The number of amides is 2. The van der Waals surface area contributed by atoms with E-state index in [0.29, 0.717) is 60.7 Å². The highest BCUT2D eigenvalue weighted by molar-refractivity contribution is 5.99. The average Bonchev–Trinajstić information content (AvgIpc) is 3.54. The van der Waals surface area contributed by atoms with E-state index in [1.165, 1.54) is 6.92 Å². The van der Waals surface area contributed by atoms with Gasteiger partial charge in [0.05, 0.1) is 5.56 Å². The van der Waals surface area contributed by atoms with Gasteiger partial charge in [0.1, 0.15) is 11.5 Å². The molecule has 12 nitrogen and oxygen atoms in total. The zero-order valence-corrected chi connectivity index (χ0v) is 25.5. The van der Waals surface area contributed by atoms with Crippen molar-refractivity contribution in [2.75, 3.05) is 11.9 Å². The summed E-state index contributed by atoms with van der Waals surface area (Å²) in [5.74, 6) is 0.442. The highest BCUT2D eigenvalue weighted by Gasteiger charge is 2.26. The Morgan fingerprint density at radius 3 is 2.48 bits per heavy atom. The summed E-state index contributed by atoms with van der Waals surface area (Å²) >= 11 is 0. The van der Waals surface area contributed by atoms with Gasteiger partial charge in [0.25, 0.3) is 5.56 Å². The first-order valence-corrected chi connectivity index (χ1v) is 15.7. The van der Waals surface area contributed by atoms with Crippen molar-refractivity contribution < 1.29 is 19.6 Å². The molecule has 3 aromatic heterocycles. The maximum Gasteiger partial charge on any atom is 0.263 e. The quantitative estimate of drug-likeness (QED) is 0.116. The molecule has 3 aromatic rings. The van der Waals surface area contributed by atoms with E-state index in [1.54, 1.807) is 23.2 Å². The highest BCUT2D eigenvalue weighted by atomic mass is 16.5. The molecular weight excluding hydrogens is 562 g/mol. The summed E-state index contributed by atoms with van der Waals surface area (Å²) < 4.78 is 1.70. The van der Waals surface area contributed by atoms with Crippen molar-refractivity contribution in [2.45, 2.75) is 103 Å². The number of rotatable bonds is 12. The second kappa shape index (κ2) is 14.1. The van der Waals surface area contributed by atoms with E-state index in [-0.39, 0.29) is 34.8 Å². The van der Waals surface area contributed by atoms with Crippen molar-refractivity contribution in [3.05, 3.63) is 51.1 Å². The van der Waals surface area contributed by atoms with E-state index in [0.717, 1.165) is 69.0 Å². The van der Waals surface area contributed by atoms with Crippen LogP contribution in [0, 0.1) is 6.92 Å². The third-order valence-electron chi connectivity index (χ3n) is 8.81. The fraction of sp³-hybridized carbons (Fsp3) is 0.531. The summed E-state index contributed by atoms with van der Waals surface area (Å²) in [6, 6.07) is 3.84. The predicted octanol–water partition coefficient (Wildman–Crippen LogP) is 4.68. The molecule has 2 amide bonds. The van der Waals surface area contributed by atoms with Crippen LogP contribution in [-0.4, -0.2) is 53.8 Å². The number of nitrogens with one attached hydrogen (secondary N) is 2. The normalized spacial score (nSPS) is 14.9. The fourth-order valence-electron chi connectivity index (χ4n) is 6.43. The third kappa shape index (κ3) is 6.96. The second-order valence-corrected chi connectivity index (χ2v) is 11.9. The number of anilines is 2. The van der Waals surface area contributed by atoms with Gasteiger partial charge in [-0.25, -0.2) is 15.4 Å². The van der Waals surface area contributed by atoms with Crippen LogP contribution in [0.3, 0.4) is 0 Å². The Hall–Kier alpha value is -4.19. The first kappa shape index (κ1) is 31.2. The van der Waals surface area contributed by atoms with E-state index in [2.05, 4.69) is 10.3 Å². The van der Waals surface area contributed by atoms with Gasteiger partial charge in [-0.05, 0) is 56.7 Å². The van der Waals surface area contributed by atoms with E-state index in [4.69, 9.17) is 15.2 Å². The molecule has 44 heavy (non-hydrogen) atoms. The molecule has 0 bridgehead atoms. The Kier molecular flexibility index (Phi) is 9.99. The lowest BCUT2D eigenvalue weighted by Gasteiger charge is -2.28. The molecule has 4 heterocycles. The smallest absolute Gasteiger partial charge is 0.263 e. The van der Waals surface area contributed by atoms with Gasteiger partial charge in [0.2, 0.25) is 17.8 Å². The van der Waals surface area contributed by atoms with Gasteiger partial charge in [-0.2, -0.15) is 4.98 Å². The zero-order chi connectivity index (χ0) is 31.2. The molecule has 234 valence electrons. The zero-order valence-electron chi connectivity index (χ0n) is 25.5. The third-order valence-corrected chi connectivity index (χ3v) is 8.81. The summed E-state index contributed by atoms with van der Waals surface area (Å²) in [5, 5.41) is 12.4. The number of unbranched alkanes of at least 4 members (excludes halogenated alkanes) is 4. The Bertz CT molecular complexity index is 1610. The molecule has 0 radical (unpaired) electrons. The molecule has 1 fully saturated rings. The molecule has 1 aliphatic heterocycles. The highest BCUT2D eigenvalue weighted by Crippen LogP contribution is 2.32. The number of Topliss-reactive ketones (excluding diaryl/α,β-unsaturated/α-hetero) is 1. The second-order valence-electron chi connectivity index (χ2n) is 11.9. The number of carbonyl (C=O) groups is 3. The number of aromatic nitrogens is 4. The summed E-state index contributed by atoms with van der Waals surface area (Å²) in [4.78, 5) is 65.7. The first-order chi connectivity index (χ1) is 21.3. The number of nitrogens with zero attached hydrogens (tertiary/aromatic N) is 5. The lowest BCUT2D eigenvalue weighted by molar-refractivity contribution is -0.132. The molecule has 2 aliphatic rings. The molecule has 3 N–H and O–H groups in total. The molecule has 12 heteroatoms. The molecule has 1 saturated carbocycles. The average molecular weight is 604 g/mol. The van der Waals surface area contributed by atoms with Crippen molar-refractivity contribution >= 4 is 40.4 Å². The maximum absolute atomic E-state index is 13.5. The van der Waals surface area contributed by atoms with Crippen LogP contribution in [0.25, 0.3) is 11.0 Å². The van der Waals surface area contributed by atoms with Crippen LogP contribution in [0.1, 0.15) is 111 Å². The minimum absolute atomic E-state index is 0.00562. The monoisotopic (exact) mass is 603 g/mol. The minimum Gasteiger partial charge on any atom is -0.338 e. The van der Waals surface area contributed by atoms with Crippen LogP contribution in [-0.2, 0) is 22.6 Å². The van der Waals surface area contributed by atoms with Crippen LogP contribution < -0.4 is 16.4 Å². The Labute approximate surface area is 256 Å². The maximum atomic E-state index is 13.5. The lowest BCUT2D eigenvalue weighted by Crippen LogP contribution is -2.36. The number of hydrogen-bond acceptors (Lipinski definition) is 9. The van der Waals surface area contributed by atoms with Crippen LogP contribution >= 0.6 is 0 Å². The Balaban J connectivity index is 1.23. The SMILES string of the molecule is CC(=O)c1c(C)c2cnc(Nc3ccc4c(n3)CCN(C(=O)CCCCCCCC(=O)NO)C4)nc2n(C2CCCC2)c1=O. The van der Waals surface area contributed by atoms with Crippen LogP contribution in [0.2, 0.25) is 0 Å². The van der Waals surface area contributed by atoms with E-state index < -0.39 is 0 Å². The van der Waals surface area contributed by atoms with E-state index >= 15 is 0 Å². The minimum atomic E-state index is -0.365. The van der Waals surface area contributed by atoms with Gasteiger partial charge in [-0.15, -0.1) is 0 Å². The number of pyridine rings is 2. The molecule has 0 aromatic carbocycles. The number of hydroxylamine groups is 1. The molecule has 0 saturated heterocycles. The number of fused-ring (bicyclic) bond motifs is 2. The van der Waals surface area contributed by atoms with Gasteiger partial charge in [0.15, 0.2) is 5.78 Å². The van der Waals surface area contributed by atoms with Gasteiger partial charge >= 0.3 is 0 Å². The molecule has 5 rings (SSSR count). The number of carbonyl (C=O) groups excluding carboxylic acids is 3. The van der Waals surface area contributed by atoms with Gasteiger partial charge < -0.3 is 10.2 Å². The van der Waals surface area contributed by atoms with E-state index in [9.17, 15) is 19.2 Å². The largest absolute Gasteiger partial charge is 0.338 e. The standard InChI is InChI=1S/C32H41N7O5/c1-20-24-18-33-32(36-30(24)39(23-10-8-9-11-23)31(43)29(20)21(2)40)35-26-15-14-22-19-38(17-16-25(22)34-26)28(42)13-7-5-3-4-6-12-27(41)37-44/h14-15,18,23,44H,3-13,16-17,19H2,1-2H3,(H,37,41)(H,33,34,35,36). The van der Waals surface area contributed by atoms with Gasteiger partial charge in [-0.3, -0.25) is 29.0 Å². The lowest BCUT2D eigenvalue weighted by atomic mass is 10.0. The predicted molar refractivity (Wildman–Crippen MR) is 165 cm³/mol. The molecule has 0 atom stereocenters. The topological polar surface area (TPSA) is 159 Å². The molecular formula is C32H41N7O5. The fourth-order valence-corrected chi connectivity index (χ4v) is 6.43. The van der Waals surface area contributed by atoms with Crippen LogP contribution in [0.4, 0.5) is 11.8 Å². The van der Waals surface area contributed by atoms with Gasteiger partial charge in [0, 0.05) is 55.7 Å². The van der Waals surface area contributed by atoms with Crippen LogP contribution in [0.5, 0.6) is 0 Å². The van der Waals surface area contributed by atoms with E-state index in [1.807, 2.05) is 17.0 Å². The first-order valence-electron chi connectivity index (χ1n) is 15.7. The summed E-state index contributed by atoms with van der Waals surface area (Å²) in [5.41, 5.74) is 4.64. The van der Waals surface area contributed by atoms with Crippen molar-refractivity contribution in [3.63, 3.8) is 0 Å². The Morgan fingerprint density at radius 1 is 1.02 bits per heavy atom. The van der Waals surface area contributed by atoms with Crippen molar-refractivity contribution in [3.8, 4) is 0 Å². The number of hydrogen-bond donors (Lipinski definition) is 3. The van der Waals surface area contributed by atoms with Crippen molar-refractivity contribution in [1.82, 2.24) is 29.9 Å². The summed E-state index contributed by atoms with van der Waals surface area (Å²) in [6.07, 6.45) is 11.3. The van der Waals surface area contributed by atoms with Crippen LogP contribution in [0.15, 0.2) is 23.1 Å². The molecule has 0 unspecified atom stereocenters. The Morgan fingerprint density at radius 2 is 1.75 bits per heavy atom. The molecule has 1 aliphatic carbocycles. The number of aryl methyl sites for hydroxylation is 1. The van der Waals surface area contributed by atoms with Gasteiger partial charge in [-0.1, -0.05) is 38.2 Å². The van der Waals surface area contributed by atoms with Crippen molar-refractivity contribution in [2.24, 2.45) is 0 Å². The van der Waals surface area contributed by atoms with Crippen molar-refractivity contribution in [1.29, 1.82) is 0 Å². The summed E-state index contributed by atoms with van der Waals surface area (Å²) in [7, 11) is 0.